The van der Waals surface area contributed by atoms with E-state index < -0.39 is 0 Å². The van der Waals surface area contributed by atoms with Crippen LogP contribution in [-0.2, 0) is 16.0 Å². The number of hydrogen-bond acceptors (Lipinski definition) is 4. The smallest absolute Gasteiger partial charge is 0.226 e. The van der Waals surface area contributed by atoms with Crippen LogP contribution in [0.25, 0.3) is 10.9 Å². The largest absolute Gasteiger partial charge is 0.377 e. The van der Waals surface area contributed by atoms with Crippen molar-refractivity contribution in [2.45, 2.75) is 45.3 Å². The van der Waals surface area contributed by atoms with Gasteiger partial charge in [0.2, 0.25) is 5.91 Å². The summed E-state index contributed by atoms with van der Waals surface area (Å²) >= 11 is 0. The molecular formula is C19H28N4O2. The van der Waals surface area contributed by atoms with Gasteiger partial charge in [0.1, 0.15) is 0 Å². The number of aromatic amines is 1. The fourth-order valence-corrected chi connectivity index (χ4v) is 3.31. The molecule has 1 fully saturated rings. The molecule has 1 aliphatic heterocycles. The number of H-pyrrole nitrogens is 1. The van der Waals surface area contributed by atoms with E-state index in [0.717, 1.165) is 55.7 Å². The summed E-state index contributed by atoms with van der Waals surface area (Å²) in [5, 5.41) is 11.4. The summed E-state index contributed by atoms with van der Waals surface area (Å²) in [5.74, 6) is 0.0657. The average molecular weight is 344 g/mol. The molecule has 0 unspecified atom stereocenters. The van der Waals surface area contributed by atoms with Crippen molar-refractivity contribution in [2.24, 2.45) is 0 Å². The number of amides is 1. The molecule has 0 bridgehead atoms. The summed E-state index contributed by atoms with van der Waals surface area (Å²) in [6.45, 7) is 7.90. The van der Waals surface area contributed by atoms with Gasteiger partial charge in [0.15, 0.2) is 0 Å². The van der Waals surface area contributed by atoms with E-state index in [1.54, 1.807) is 0 Å². The minimum Gasteiger partial charge on any atom is -0.377 e. The lowest BCUT2D eigenvalue weighted by Gasteiger charge is -2.32. The first kappa shape index (κ1) is 17.9. The Kier molecular flexibility index (Phi) is 6.04. The molecule has 1 saturated heterocycles. The van der Waals surface area contributed by atoms with Crippen LogP contribution in [0, 0.1) is 0 Å². The lowest BCUT2D eigenvalue weighted by atomic mass is 10.0. The van der Waals surface area contributed by atoms with Gasteiger partial charge in [-0.3, -0.25) is 9.89 Å². The molecule has 0 radical (unpaired) electrons. The second-order valence-corrected chi connectivity index (χ2v) is 7.00. The summed E-state index contributed by atoms with van der Waals surface area (Å²) < 4.78 is 5.61. The van der Waals surface area contributed by atoms with Crippen LogP contribution in [0.3, 0.4) is 0 Å². The summed E-state index contributed by atoms with van der Waals surface area (Å²) in [4.78, 5) is 14.8. The van der Waals surface area contributed by atoms with Crippen LogP contribution >= 0.6 is 0 Å². The Morgan fingerprint density at radius 1 is 1.36 bits per heavy atom. The van der Waals surface area contributed by atoms with Crippen LogP contribution in [0.4, 0.5) is 0 Å². The quantitative estimate of drug-likeness (QED) is 0.807. The molecule has 0 atom stereocenters. The molecule has 6 nitrogen and oxygen atoms in total. The molecule has 136 valence electrons. The van der Waals surface area contributed by atoms with Gasteiger partial charge in [0.05, 0.1) is 30.3 Å². The maximum atomic E-state index is 12.4. The zero-order valence-electron chi connectivity index (χ0n) is 15.1. The molecule has 1 amide bonds. The van der Waals surface area contributed by atoms with Gasteiger partial charge in [0.25, 0.3) is 0 Å². The van der Waals surface area contributed by atoms with Crippen LogP contribution in [0.5, 0.6) is 0 Å². The van der Waals surface area contributed by atoms with Crippen molar-refractivity contribution in [1.29, 1.82) is 0 Å². The molecular weight excluding hydrogens is 316 g/mol. The number of ether oxygens (including phenoxy) is 1. The second-order valence-electron chi connectivity index (χ2n) is 7.00. The Bertz CT molecular complexity index is 690. The first-order valence-electron chi connectivity index (χ1n) is 9.17. The molecule has 1 aromatic heterocycles. The maximum absolute atomic E-state index is 12.4. The predicted octanol–water partition coefficient (Wildman–Crippen LogP) is 2.11. The third-order valence-corrected chi connectivity index (χ3v) is 4.69. The zero-order chi connectivity index (χ0) is 17.6. The molecule has 25 heavy (non-hydrogen) atoms. The summed E-state index contributed by atoms with van der Waals surface area (Å²) in [5.41, 5.74) is 1.79. The SMILES string of the molecule is CC(C)OCCN1CCC(NC(=O)Cc2[nH]nc3ccccc23)CC1. The van der Waals surface area contributed by atoms with Gasteiger partial charge in [-0.15, -0.1) is 0 Å². The molecule has 2 heterocycles. The van der Waals surface area contributed by atoms with Crippen LogP contribution < -0.4 is 5.32 Å². The van der Waals surface area contributed by atoms with Gasteiger partial charge in [-0.2, -0.15) is 5.10 Å². The van der Waals surface area contributed by atoms with Gasteiger partial charge >= 0.3 is 0 Å². The Morgan fingerprint density at radius 3 is 2.88 bits per heavy atom. The van der Waals surface area contributed by atoms with Crippen molar-refractivity contribution < 1.29 is 9.53 Å². The van der Waals surface area contributed by atoms with E-state index in [9.17, 15) is 4.79 Å². The van der Waals surface area contributed by atoms with E-state index in [0.29, 0.717) is 6.42 Å². The Morgan fingerprint density at radius 2 is 2.12 bits per heavy atom. The molecule has 3 rings (SSSR count). The van der Waals surface area contributed by atoms with Gasteiger partial charge in [-0.25, -0.2) is 0 Å². The number of piperidine rings is 1. The third kappa shape index (κ3) is 5.03. The molecule has 6 heteroatoms. The number of likely N-dealkylation sites (tertiary alicyclic amines) is 1. The van der Waals surface area contributed by atoms with E-state index in [4.69, 9.17) is 4.74 Å². The predicted molar refractivity (Wildman–Crippen MR) is 98.5 cm³/mol. The molecule has 2 N–H and O–H groups in total. The van der Waals surface area contributed by atoms with Crippen LogP contribution in [0.1, 0.15) is 32.4 Å². The Balaban J connectivity index is 1.42. The highest BCUT2D eigenvalue weighted by molar-refractivity contribution is 5.87. The van der Waals surface area contributed by atoms with Crippen molar-refractivity contribution in [2.75, 3.05) is 26.2 Å². The lowest BCUT2D eigenvalue weighted by molar-refractivity contribution is -0.121. The number of fused-ring (bicyclic) bond motifs is 1. The standard InChI is InChI=1S/C19H28N4O2/c1-14(2)25-12-11-23-9-7-15(8-10-23)20-19(24)13-18-16-5-3-4-6-17(16)21-22-18/h3-6,14-15H,7-13H2,1-2H3,(H,20,24)(H,21,22). The Hall–Kier alpha value is -1.92. The highest BCUT2D eigenvalue weighted by Gasteiger charge is 2.21. The van der Waals surface area contributed by atoms with Crippen LogP contribution in [0.15, 0.2) is 24.3 Å². The van der Waals surface area contributed by atoms with E-state index in [2.05, 4.69) is 34.3 Å². The molecule has 0 saturated carbocycles. The first-order valence-corrected chi connectivity index (χ1v) is 9.17. The van der Waals surface area contributed by atoms with Crippen LogP contribution in [-0.4, -0.2) is 59.4 Å². The first-order chi connectivity index (χ1) is 12.1. The molecule has 0 aliphatic carbocycles. The third-order valence-electron chi connectivity index (χ3n) is 4.69. The number of carbonyl (C=O) groups is 1. The van der Waals surface area contributed by atoms with E-state index in [-0.39, 0.29) is 18.1 Å². The topological polar surface area (TPSA) is 70.2 Å². The summed E-state index contributed by atoms with van der Waals surface area (Å²) in [7, 11) is 0. The minimum atomic E-state index is 0.0657. The molecule has 1 aromatic carbocycles. The fourth-order valence-electron chi connectivity index (χ4n) is 3.31. The summed E-state index contributed by atoms with van der Waals surface area (Å²) in [6, 6.07) is 8.14. The van der Waals surface area contributed by atoms with E-state index in [1.807, 2.05) is 24.3 Å². The highest BCUT2D eigenvalue weighted by Crippen LogP contribution is 2.16. The number of aromatic nitrogens is 2. The normalized spacial score (nSPS) is 16.6. The van der Waals surface area contributed by atoms with E-state index in [1.165, 1.54) is 0 Å². The van der Waals surface area contributed by atoms with Crippen molar-refractivity contribution in [3.8, 4) is 0 Å². The van der Waals surface area contributed by atoms with Crippen molar-refractivity contribution in [3.63, 3.8) is 0 Å². The van der Waals surface area contributed by atoms with Gasteiger partial charge in [-0.1, -0.05) is 18.2 Å². The monoisotopic (exact) mass is 344 g/mol. The number of para-hydroxylation sites is 1. The Labute approximate surface area is 148 Å². The van der Waals surface area contributed by atoms with Gasteiger partial charge in [0, 0.05) is 31.1 Å². The zero-order valence-corrected chi connectivity index (χ0v) is 15.1. The van der Waals surface area contributed by atoms with Crippen LogP contribution in [0.2, 0.25) is 0 Å². The lowest BCUT2D eigenvalue weighted by Crippen LogP contribution is -2.45. The number of nitrogens with one attached hydrogen (secondary N) is 2. The van der Waals surface area contributed by atoms with Gasteiger partial charge < -0.3 is 15.0 Å². The fraction of sp³-hybridized carbons (Fsp3) is 0.579. The minimum absolute atomic E-state index is 0.0657. The highest BCUT2D eigenvalue weighted by atomic mass is 16.5. The number of benzene rings is 1. The van der Waals surface area contributed by atoms with E-state index >= 15 is 0 Å². The molecule has 2 aromatic rings. The number of nitrogens with zero attached hydrogens (tertiary/aromatic N) is 2. The van der Waals surface area contributed by atoms with Crippen molar-refractivity contribution >= 4 is 16.8 Å². The second kappa shape index (κ2) is 8.45. The van der Waals surface area contributed by atoms with Gasteiger partial charge in [-0.05, 0) is 32.8 Å². The maximum Gasteiger partial charge on any atom is 0.226 e. The number of rotatable bonds is 7. The molecule has 1 aliphatic rings. The molecule has 0 spiro atoms. The van der Waals surface area contributed by atoms with Crippen molar-refractivity contribution in [3.05, 3.63) is 30.0 Å². The summed E-state index contributed by atoms with van der Waals surface area (Å²) in [6.07, 6.45) is 2.63. The average Bonchev–Trinajstić information content (AvgIpc) is 2.99. The number of hydrogen-bond donors (Lipinski definition) is 2. The van der Waals surface area contributed by atoms with Crippen molar-refractivity contribution in [1.82, 2.24) is 20.4 Å². The number of carbonyl (C=O) groups excluding carboxylic acids is 1.